The van der Waals surface area contributed by atoms with Crippen LogP contribution in [0.3, 0.4) is 0 Å². The first-order chi connectivity index (χ1) is 7.59. The molecule has 0 bridgehead atoms. The monoisotopic (exact) mass is 224 g/mol. The van der Waals surface area contributed by atoms with Gasteiger partial charge in [0, 0.05) is 26.1 Å². The van der Waals surface area contributed by atoms with Crippen LogP contribution >= 0.6 is 0 Å². The van der Waals surface area contributed by atoms with Gasteiger partial charge in [0.15, 0.2) is 0 Å². The molecule has 0 spiro atoms. The number of hydrogen-bond acceptors (Lipinski definition) is 4. The van der Waals surface area contributed by atoms with Gasteiger partial charge in [-0.1, -0.05) is 0 Å². The average Bonchev–Trinajstić information content (AvgIpc) is 2.72. The van der Waals surface area contributed by atoms with Crippen molar-refractivity contribution in [3.63, 3.8) is 0 Å². The molecule has 0 saturated carbocycles. The Morgan fingerprint density at radius 1 is 1.62 bits per heavy atom. The van der Waals surface area contributed by atoms with E-state index in [2.05, 4.69) is 17.3 Å². The highest BCUT2D eigenvalue weighted by Gasteiger charge is 2.24. The fourth-order valence-corrected chi connectivity index (χ4v) is 2.16. The first kappa shape index (κ1) is 11.3. The van der Waals surface area contributed by atoms with Gasteiger partial charge in [-0.25, -0.2) is 0 Å². The Kier molecular flexibility index (Phi) is 3.05. The lowest BCUT2D eigenvalue weighted by Gasteiger charge is -2.15. The maximum Gasteiger partial charge on any atom is 0.147 e. The topological polar surface area (TPSA) is 65.1 Å². The van der Waals surface area contributed by atoms with Crippen molar-refractivity contribution in [1.82, 2.24) is 9.78 Å². The van der Waals surface area contributed by atoms with Gasteiger partial charge in [0.25, 0.3) is 0 Å². The van der Waals surface area contributed by atoms with Crippen molar-refractivity contribution in [1.29, 1.82) is 0 Å². The maximum absolute atomic E-state index is 5.95. The number of nitrogens with zero attached hydrogens (tertiary/aromatic N) is 2. The molecule has 5 nitrogen and oxygen atoms in total. The molecule has 1 saturated heterocycles. The van der Waals surface area contributed by atoms with Crippen molar-refractivity contribution in [2.75, 3.05) is 24.2 Å². The van der Waals surface area contributed by atoms with Crippen molar-refractivity contribution < 1.29 is 4.74 Å². The number of ether oxygens (including phenoxy) is 1. The summed E-state index contributed by atoms with van der Waals surface area (Å²) < 4.78 is 7.32. The van der Waals surface area contributed by atoms with E-state index in [0.717, 1.165) is 36.8 Å². The molecular formula is C11H20N4O. The van der Waals surface area contributed by atoms with Crippen LogP contribution in [0, 0.1) is 12.8 Å². The lowest BCUT2D eigenvalue weighted by Crippen LogP contribution is -2.22. The predicted molar refractivity (Wildman–Crippen MR) is 64.4 cm³/mol. The Labute approximate surface area is 96.0 Å². The van der Waals surface area contributed by atoms with Gasteiger partial charge in [0.1, 0.15) is 5.82 Å². The Balaban J connectivity index is 1.99. The largest absolute Gasteiger partial charge is 0.394 e. The second-order valence-corrected chi connectivity index (χ2v) is 4.48. The number of nitrogen functional groups attached to an aromatic ring is 1. The minimum absolute atomic E-state index is 0.336. The molecule has 1 aliphatic rings. The summed E-state index contributed by atoms with van der Waals surface area (Å²) in [6, 6.07) is 0. The lowest BCUT2D eigenvalue weighted by molar-refractivity contribution is 0.108. The van der Waals surface area contributed by atoms with Crippen molar-refractivity contribution >= 4 is 11.5 Å². The fraction of sp³-hybridized carbons (Fsp3) is 0.727. The highest BCUT2D eigenvalue weighted by Crippen LogP contribution is 2.24. The normalized spacial score (nSPS) is 24.9. The van der Waals surface area contributed by atoms with E-state index in [4.69, 9.17) is 10.5 Å². The molecule has 3 N–H and O–H groups in total. The molecule has 2 rings (SSSR count). The standard InChI is InChI=1S/C11H20N4O/c1-7-10(12)11(15(3)14-7)13-6-9-4-5-16-8(9)2/h8-9,13H,4-6,12H2,1-3H3. The average molecular weight is 224 g/mol. The second kappa shape index (κ2) is 4.33. The Morgan fingerprint density at radius 3 is 2.88 bits per heavy atom. The van der Waals surface area contributed by atoms with Gasteiger partial charge >= 0.3 is 0 Å². The highest BCUT2D eigenvalue weighted by atomic mass is 16.5. The van der Waals surface area contributed by atoms with Gasteiger partial charge in [-0.3, -0.25) is 4.68 Å². The van der Waals surface area contributed by atoms with E-state index in [-0.39, 0.29) is 0 Å². The van der Waals surface area contributed by atoms with E-state index < -0.39 is 0 Å². The summed E-state index contributed by atoms with van der Waals surface area (Å²) in [6.07, 6.45) is 1.45. The number of nitrogens with one attached hydrogen (secondary N) is 1. The molecule has 90 valence electrons. The van der Waals surface area contributed by atoms with E-state index in [1.165, 1.54) is 0 Å². The molecule has 1 aliphatic heterocycles. The SMILES string of the molecule is Cc1nn(C)c(NCC2CCOC2C)c1N. The van der Waals surface area contributed by atoms with Gasteiger partial charge in [-0.2, -0.15) is 5.10 Å². The zero-order chi connectivity index (χ0) is 11.7. The summed E-state index contributed by atoms with van der Waals surface area (Å²) in [5.41, 5.74) is 7.57. The van der Waals surface area contributed by atoms with Crippen LogP contribution in [0.5, 0.6) is 0 Å². The summed E-state index contributed by atoms with van der Waals surface area (Å²) in [6.45, 7) is 5.80. The molecule has 0 radical (unpaired) electrons. The zero-order valence-corrected chi connectivity index (χ0v) is 10.2. The Morgan fingerprint density at radius 2 is 2.38 bits per heavy atom. The number of anilines is 2. The Bertz CT molecular complexity index is 374. The predicted octanol–water partition coefficient (Wildman–Crippen LogP) is 1.15. The molecule has 1 aromatic heterocycles. The van der Waals surface area contributed by atoms with Crippen LogP contribution in [-0.4, -0.2) is 29.0 Å². The summed E-state index contributed by atoms with van der Waals surface area (Å²) in [7, 11) is 1.90. The quantitative estimate of drug-likeness (QED) is 0.808. The minimum Gasteiger partial charge on any atom is -0.394 e. The van der Waals surface area contributed by atoms with Crippen LogP contribution in [0.15, 0.2) is 0 Å². The summed E-state index contributed by atoms with van der Waals surface area (Å²) in [5, 5.41) is 7.64. The van der Waals surface area contributed by atoms with Crippen LogP contribution in [0.2, 0.25) is 0 Å². The van der Waals surface area contributed by atoms with Crippen molar-refractivity contribution in [3.8, 4) is 0 Å². The number of aryl methyl sites for hydroxylation is 2. The maximum atomic E-state index is 5.95. The van der Waals surface area contributed by atoms with Gasteiger partial charge < -0.3 is 15.8 Å². The Hall–Kier alpha value is -1.23. The van der Waals surface area contributed by atoms with Gasteiger partial charge in [0.2, 0.25) is 0 Å². The van der Waals surface area contributed by atoms with Gasteiger partial charge in [-0.15, -0.1) is 0 Å². The molecule has 0 aromatic carbocycles. The van der Waals surface area contributed by atoms with Crippen LogP contribution in [0.1, 0.15) is 19.0 Å². The van der Waals surface area contributed by atoms with E-state index in [1.807, 2.05) is 14.0 Å². The molecule has 2 heterocycles. The first-order valence-corrected chi connectivity index (χ1v) is 5.74. The van der Waals surface area contributed by atoms with Gasteiger partial charge in [-0.05, 0) is 20.3 Å². The molecule has 2 atom stereocenters. The van der Waals surface area contributed by atoms with E-state index >= 15 is 0 Å². The van der Waals surface area contributed by atoms with Crippen LogP contribution in [0.4, 0.5) is 11.5 Å². The van der Waals surface area contributed by atoms with Crippen LogP contribution in [-0.2, 0) is 11.8 Å². The molecule has 1 aromatic rings. The molecule has 1 fully saturated rings. The first-order valence-electron chi connectivity index (χ1n) is 5.74. The lowest BCUT2D eigenvalue weighted by atomic mass is 10.0. The van der Waals surface area contributed by atoms with Gasteiger partial charge in [0.05, 0.1) is 17.5 Å². The smallest absolute Gasteiger partial charge is 0.147 e. The van der Waals surface area contributed by atoms with Crippen molar-refractivity contribution in [2.24, 2.45) is 13.0 Å². The third kappa shape index (κ3) is 2.00. The second-order valence-electron chi connectivity index (χ2n) is 4.48. The molecule has 0 aliphatic carbocycles. The molecule has 16 heavy (non-hydrogen) atoms. The molecule has 0 amide bonds. The van der Waals surface area contributed by atoms with Crippen molar-refractivity contribution in [2.45, 2.75) is 26.4 Å². The van der Waals surface area contributed by atoms with Crippen LogP contribution < -0.4 is 11.1 Å². The highest BCUT2D eigenvalue weighted by molar-refractivity contribution is 5.64. The third-order valence-electron chi connectivity index (χ3n) is 3.33. The minimum atomic E-state index is 0.336. The summed E-state index contributed by atoms with van der Waals surface area (Å²) >= 11 is 0. The van der Waals surface area contributed by atoms with Crippen molar-refractivity contribution in [3.05, 3.63) is 5.69 Å². The number of hydrogen-bond donors (Lipinski definition) is 2. The third-order valence-corrected chi connectivity index (χ3v) is 3.33. The zero-order valence-electron chi connectivity index (χ0n) is 10.2. The summed E-state index contributed by atoms with van der Waals surface area (Å²) in [4.78, 5) is 0. The fourth-order valence-electron chi connectivity index (χ4n) is 2.16. The molecule has 5 heteroatoms. The van der Waals surface area contributed by atoms with Crippen LogP contribution in [0.25, 0.3) is 0 Å². The molecule has 2 unspecified atom stereocenters. The number of aromatic nitrogens is 2. The van der Waals surface area contributed by atoms with E-state index in [9.17, 15) is 0 Å². The summed E-state index contributed by atoms with van der Waals surface area (Å²) in [5.74, 6) is 1.48. The van der Waals surface area contributed by atoms with E-state index in [1.54, 1.807) is 4.68 Å². The number of nitrogens with two attached hydrogens (primary N) is 1. The number of rotatable bonds is 3. The van der Waals surface area contributed by atoms with E-state index in [0.29, 0.717) is 12.0 Å². The molecular weight excluding hydrogens is 204 g/mol.